The molecular formula is C13H13FN4O2. The molecule has 0 unspecified atom stereocenters. The Bertz CT molecular complexity index is 666. The highest BCUT2D eigenvalue weighted by Gasteiger charge is 2.15. The molecule has 0 aliphatic rings. The second-order valence-electron chi connectivity index (χ2n) is 4.27. The molecule has 0 spiro atoms. The fourth-order valence-electron chi connectivity index (χ4n) is 1.72. The second kappa shape index (κ2) is 5.60. The van der Waals surface area contributed by atoms with Crippen LogP contribution in [0.25, 0.3) is 0 Å². The van der Waals surface area contributed by atoms with Gasteiger partial charge in [0.05, 0.1) is 11.4 Å². The fourth-order valence-corrected chi connectivity index (χ4v) is 1.72. The molecule has 1 aromatic heterocycles. The number of benzene rings is 1. The topological polar surface area (TPSA) is 76.9 Å². The Labute approximate surface area is 114 Å². The number of hydrogen-bond donors (Lipinski definition) is 1. The smallest absolute Gasteiger partial charge is 0.246 e. The first-order valence-corrected chi connectivity index (χ1v) is 5.94. The van der Waals surface area contributed by atoms with Gasteiger partial charge in [-0.2, -0.15) is 0 Å². The number of amides is 1. The molecule has 0 saturated heterocycles. The Morgan fingerprint density at radius 1 is 1.35 bits per heavy atom. The van der Waals surface area contributed by atoms with Crippen molar-refractivity contribution >= 4 is 17.4 Å². The molecule has 20 heavy (non-hydrogen) atoms. The van der Waals surface area contributed by atoms with Gasteiger partial charge in [-0.15, -0.1) is 5.10 Å². The van der Waals surface area contributed by atoms with Gasteiger partial charge < -0.3 is 5.32 Å². The van der Waals surface area contributed by atoms with Crippen LogP contribution in [-0.4, -0.2) is 26.7 Å². The number of nitrogens with one attached hydrogen (secondary N) is 1. The molecule has 0 aliphatic carbocycles. The van der Waals surface area contributed by atoms with Gasteiger partial charge in [0.15, 0.2) is 11.5 Å². The Balaban J connectivity index is 2.09. The third kappa shape index (κ3) is 2.87. The summed E-state index contributed by atoms with van der Waals surface area (Å²) in [6, 6.07) is 5.87. The molecule has 1 aromatic carbocycles. The third-order valence-corrected chi connectivity index (χ3v) is 2.76. The molecule has 0 fully saturated rings. The van der Waals surface area contributed by atoms with E-state index in [-0.39, 0.29) is 23.7 Å². The standard InChI is InChI=1S/C13H13FN4O2/c1-8-13(9(2)19)16-17-18(8)7-12(20)15-11-6-4-3-5-10(11)14/h3-6H,7H2,1-2H3,(H,15,20). The van der Waals surface area contributed by atoms with Gasteiger partial charge >= 0.3 is 0 Å². The largest absolute Gasteiger partial charge is 0.322 e. The highest BCUT2D eigenvalue weighted by atomic mass is 19.1. The van der Waals surface area contributed by atoms with Crippen LogP contribution in [0.5, 0.6) is 0 Å². The van der Waals surface area contributed by atoms with E-state index in [9.17, 15) is 14.0 Å². The fraction of sp³-hybridized carbons (Fsp3) is 0.231. The van der Waals surface area contributed by atoms with Gasteiger partial charge in [-0.25, -0.2) is 9.07 Å². The summed E-state index contributed by atoms with van der Waals surface area (Å²) >= 11 is 0. The van der Waals surface area contributed by atoms with Crippen molar-refractivity contribution in [2.75, 3.05) is 5.32 Å². The maximum Gasteiger partial charge on any atom is 0.246 e. The van der Waals surface area contributed by atoms with E-state index < -0.39 is 11.7 Å². The van der Waals surface area contributed by atoms with E-state index in [0.717, 1.165) is 0 Å². The molecule has 6 nitrogen and oxygen atoms in total. The number of hydrogen-bond acceptors (Lipinski definition) is 4. The zero-order chi connectivity index (χ0) is 14.7. The van der Waals surface area contributed by atoms with Gasteiger partial charge in [0, 0.05) is 6.92 Å². The van der Waals surface area contributed by atoms with Gasteiger partial charge in [-0.1, -0.05) is 17.3 Å². The summed E-state index contributed by atoms with van der Waals surface area (Å²) in [4.78, 5) is 23.0. The third-order valence-electron chi connectivity index (χ3n) is 2.76. The summed E-state index contributed by atoms with van der Waals surface area (Å²) in [6.45, 7) is 2.88. The molecule has 0 atom stereocenters. The Morgan fingerprint density at radius 2 is 2.05 bits per heavy atom. The predicted molar refractivity (Wildman–Crippen MR) is 69.8 cm³/mol. The van der Waals surface area contributed by atoms with E-state index in [1.807, 2.05) is 0 Å². The van der Waals surface area contributed by atoms with Gasteiger partial charge in [0.1, 0.15) is 12.4 Å². The monoisotopic (exact) mass is 276 g/mol. The maximum atomic E-state index is 13.4. The molecule has 0 radical (unpaired) electrons. The zero-order valence-corrected chi connectivity index (χ0v) is 11.1. The molecule has 1 amide bonds. The Kier molecular flexibility index (Phi) is 3.88. The van der Waals surface area contributed by atoms with Crippen LogP contribution in [0.3, 0.4) is 0 Å². The van der Waals surface area contributed by atoms with Crippen LogP contribution in [-0.2, 0) is 11.3 Å². The van der Waals surface area contributed by atoms with Crippen LogP contribution in [0.1, 0.15) is 23.1 Å². The van der Waals surface area contributed by atoms with E-state index in [2.05, 4.69) is 15.6 Å². The summed E-state index contributed by atoms with van der Waals surface area (Å²) in [5.41, 5.74) is 0.826. The predicted octanol–water partition coefficient (Wildman–Crippen LogP) is 1.57. The van der Waals surface area contributed by atoms with Crippen molar-refractivity contribution in [3.63, 3.8) is 0 Å². The highest BCUT2D eigenvalue weighted by Crippen LogP contribution is 2.12. The summed E-state index contributed by atoms with van der Waals surface area (Å²) in [6.07, 6.45) is 0. The minimum atomic E-state index is -0.513. The lowest BCUT2D eigenvalue weighted by Crippen LogP contribution is -2.21. The Hall–Kier alpha value is -2.57. The van der Waals surface area contributed by atoms with Crippen molar-refractivity contribution < 1.29 is 14.0 Å². The number of rotatable bonds is 4. The Morgan fingerprint density at radius 3 is 2.65 bits per heavy atom. The van der Waals surface area contributed by atoms with E-state index in [1.54, 1.807) is 13.0 Å². The average Bonchev–Trinajstić information content (AvgIpc) is 2.74. The lowest BCUT2D eigenvalue weighted by molar-refractivity contribution is -0.117. The molecule has 0 bridgehead atoms. The molecule has 1 N–H and O–H groups in total. The first-order valence-electron chi connectivity index (χ1n) is 5.94. The number of Topliss-reactive ketones (excluding diaryl/α,β-unsaturated/α-hetero) is 1. The molecule has 2 aromatic rings. The lowest BCUT2D eigenvalue weighted by atomic mass is 10.2. The molecular weight excluding hydrogens is 263 g/mol. The van der Waals surface area contributed by atoms with Crippen molar-refractivity contribution in [2.24, 2.45) is 0 Å². The van der Waals surface area contributed by atoms with Crippen molar-refractivity contribution in [1.82, 2.24) is 15.0 Å². The van der Waals surface area contributed by atoms with E-state index >= 15 is 0 Å². The van der Waals surface area contributed by atoms with Crippen LogP contribution in [0.4, 0.5) is 10.1 Å². The maximum absolute atomic E-state index is 13.4. The number of carbonyl (C=O) groups excluding carboxylic acids is 2. The highest BCUT2D eigenvalue weighted by molar-refractivity contribution is 5.93. The zero-order valence-electron chi connectivity index (χ0n) is 11.1. The van der Waals surface area contributed by atoms with E-state index in [4.69, 9.17) is 0 Å². The quantitative estimate of drug-likeness (QED) is 0.860. The average molecular weight is 276 g/mol. The number of aromatic nitrogens is 3. The summed E-state index contributed by atoms with van der Waals surface area (Å²) in [7, 11) is 0. The van der Waals surface area contributed by atoms with Crippen molar-refractivity contribution in [1.29, 1.82) is 0 Å². The van der Waals surface area contributed by atoms with Crippen LogP contribution >= 0.6 is 0 Å². The van der Waals surface area contributed by atoms with Crippen molar-refractivity contribution in [3.8, 4) is 0 Å². The lowest BCUT2D eigenvalue weighted by Gasteiger charge is -2.06. The molecule has 7 heteroatoms. The number of carbonyl (C=O) groups is 2. The number of para-hydroxylation sites is 1. The number of halogens is 1. The van der Waals surface area contributed by atoms with Gasteiger partial charge in [0.25, 0.3) is 0 Å². The first-order chi connectivity index (χ1) is 9.49. The van der Waals surface area contributed by atoms with Gasteiger partial charge in [-0.05, 0) is 19.1 Å². The first kappa shape index (κ1) is 13.9. The normalized spacial score (nSPS) is 10.3. The second-order valence-corrected chi connectivity index (χ2v) is 4.27. The number of ketones is 1. The summed E-state index contributed by atoms with van der Waals surface area (Å²) < 4.78 is 14.7. The SMILES string of the molecule is CC(=O)c1nnn(CC(=O)Nc2ccccc2F)c1C. The molecule has 0 saturated carbocycles. The van der Waals surface area contributed by atoms with Gasteiger partial charge in [-0.3, -0.25) is 9.59 Å². The van der Waals surface area contributed by atoms with Crippen LogP contribution in [0.15, 0.2) is 24.3 Å². The number of nitrogens with zero attached hydrogens (tertiary/aromatic N) is 3. The van der Waals surface area contributed by atoms with E-state index in [0.29, 0.717) is 5.69 Å². The van der Waals surface area contributed by atoms with Crippen molar-refractivity contribution in [2.45, 2.75) is 20.4 Å². The molecule has 2 rings (SSSR count). The molecule has 1 heterocycles. The van der Waals surface area contributed by atoms with Crippen LogP contribution in [0.2, 0.25) is 0 Å². The van der Waals surface area contributed by atoms with Crippen LogP contribution < -0.4 is 5.32 Å². The number of anilines is 1. The molecule has 104 valence electrons. The minimum absolute atomic E-state index is 0.0991. The van der Waals surface area contributed by atoms with Crippen LogP contribution in [0, 0.1) is 12.7 Å². The van der Waals surface area contributed by atoms with Crippen molar-refractivity contribution in [3.05, 3.63) is 41.5 Å². The minimum Gasteiger partial charge on any atom is -0.322 e. The van der Waals surface area contributed by atoms with Gasteiger partial charge in [0.2, 0.25) is 5.91 Å². The van der Waals surface area contributed by atoms with E-state index in [1.165, 1.54) is 29.8 Å². The summed E-state index contributed by atoms with van der Waals surface area (Å²) in [5.74, 6) is -1.18. The molecule has 0 aliphatic heterocycles. The summed E-state index contributed by atoms with van der Waals surface area (Å²) in [5, 5.41) is 9.87.